The summed E-state index contributed by atoms with van der Waals surface area (Å²) in [5.41, 5.74) is 7.84. The van der Waals surface area contributed by atoms with E-state index in [4.69, 9.17) is 15.7 Å². The largest absolute Gasteiger partial charge is 0.364 e. The number of rotatable bonds is 6. The molecule has 33 heavy (non-hydrogen) atoms. The van der Waals surface area contributed by atoms with E-state index in [9.17, 15) is 14.0 Å². The molecule has 3 aromatic rings. The van der Waals surface area contributed by atoms with Crippen LogP contribution in [0.2, 0.25) is 0 Å². The number of fused-ring (bicyclic) bond motifs is 1. The summed E-state index contributed by atoms with van der Waals surface area (Å²) in [6, 6.07) is 3.73. The van der Waals surface area contributed by atoms with Crippen LogP contribution in [0.5, 0.6) is 0 Å². The van der Waals surface area contributed by atoms with Crippen molar-refractivity contribution in [3.8, 4) is 0 Å². The number of hydrogen-bond acceptors (Lipinski definition) is 8. The van der Waals surface area contributed by atoms with E-state index < -0.39 is 17.9 Å². The van der Waals surface area contributed by atoms with Crippen molar-refractivity contribution in [2.75, 3.05) is 22.1 Å². The topological polar surface area (TPSA) is 155 Å². The number of carbonyl (C=O) groups excluding carboxylic acids is 2. The molecule has 1 unspecified atom stereocenters. The summed E-state index contributed by atoms with van der Waals surface area (Å²) in [6.07, 6.45) is 5.34. The molecule has 1 aliphatic heterocycles. The summed E-state index contributed by atoms with van der Waals surface area (Å²) in [6.45, 7) is 0.631. The summed E-state index contributed by atoms with van der Waals surface area (Å²) in [5, 5.41) is 12.6. The van der Waals surface area contributed by atoms with Gasteiger partial charge >= 0.3 is 0 Å². The molecule has 5 N–H and O–H groups in total. The zero-order chi connectivity index (χ0) is 22.9. The third kappa shape index (κ3) is 4.19. The maximum Gasteiger partial charge on any atom is 0.266 e. The second-order valence-corrected chi connectivity index (χ2v) is 8.02. The minimum absolute atomic E-state index is 0.190. The number of hydrogen-bond donors (Lipinski definition) is 4. The lowest BCUT2D eigenvalue weighted by molar-refractivity contribution is -0.117. The van der Waals surface area contributed by atoms with Crippen molar-refractivity contribution in [3.05, 3.63) is 47.3 Å². The van der Waals surface area contributed by atoms with Crippen molar-refractivity contribution >= 4 is 35.1 Å². The Kier molecular flexibility index (Phi) is 5.32. The Hall–Kier alpha value is -4.09. The minimum atomic E-state index is -0.609. The molecule has 1 aliphatic carbocycles. The maximum absolute atomic E-state index is 13.1. The molecule has 1 fully saturated rings. The number of primary amides is 1. The van der Waals surface area contributed by atoms with E-state index in [1.807, 2.05) is 4.90 Å². The smallest absolute Gasteiger partial charge is 0.266 e. The predicted octanol–water partition coefficient (Wildman–Crippen LogP) is 1.67. The molecule has 1 atom stereocenters. The standard InChI is InChI=1S/C21H22FN9O2/c22-16-7-6-11(10-24-16)25-20(33)15-5-2-8-31(15)21-26-13-4-1-3-12(13)19(28-21)27-17-9-14(18(23)32)29-30-17/h6-7,9-10,15H,1-5,8H2,(H2,23,32)(H,25,33)(H2,26,27,28,29,30). The molecular weight excluding hydrogens is 429 g/mol. The predicted molar refractivity (Wildman–Crippen MR) is 118 cm³/mol. The number of nitrogens with zero attached hydrogens (tertiary/aromatic N) is 5. The Morgan fingerprint density at radius 2 is 2.09 bits per heavy atom. The zero-order valence-corrected chi connectivity index (χ0v) is 17.6. The van der Waals surface area contributed by atoms with E-state index in [1.165, 1.54) is 24.4 Å². The van der Waals surface area contributed by atoms with Gasteiger partial charge in [-0.15, -0.1) is 0 Å². The van der Waals surface area contributed by atoms with Gasteiger partial charge in [0, 0.05) is 18.2 Å². The van der Waals surface area contributed by atoms with Gasteiger partial charge in [-0.25, -0.2) is 9.97 Å². The number of pyridine rings is 1. The molecule has 4 heterocycles. The number of carbonyl (C=O) groups is 2. The number of aromatic nitrogens is 5. The second kappa shape index (κ2) is 8.45. The van der Waals surface area contributed by atoms with E-state index >= 15 is 0 Å². The van der Waals surface area contributed by atoms with E-state index in [0.717, 1.165) is 36.9 Å². The summed E-state index contributed by atoms with van der Waals surface area (Å²) in [4.78, 5) is 39.2. The third-order valence-corrected chi connectivity index (χ3v) is 5.82. The lowest BCUT2D eigenvalue weighted by atomic mass is 10.2. The second-order valence-electron chi connectivity index (χ2n) is 8.02. The van der Waals surface area contributed by atoms with Crippen LogP contribution < -0.4 is 21.3 Å². The van der Waals surface area contributed by atoms with E-state index in [1.54, 1.807) is 0 Å². The van der Waals surface area contributed by atoms with Crippen molar-refractivity contribution in [3.63, 3.8) is 0 Å². The summed E-state index contributed by atoms with van der Waals surface area (Å²) < 4.78 is 13.1. The van der Waals surface area contributed by atoms with Gasteiger partial charge < -0.3 is 21.3 Å². The fraction of sp³-hybridized carbons (Fsp3) is 0.333. The molecule has 2 aliphatic rings. The summed E-state index contributed by atoms with van der Waals surface area (Å²) in [7, 11) is 0. The number of nitrogens with two attached hydrogens (primary N) is 1. The van der Waals surface area contributed by atoms with Crippen LogP contribution in [0.3, 0.4) is 0 Å². The fourth-order valence-corrected chi connectivity index (χ4v) is 4.24. The molecular formula is C21H22FN9O2. The highest BCUT2D eigenvalue weighted by Gasteiger charge is 2.34. The molecule has 11 nitrogen and oxygen atoms in total. The van der Waals surface area contributed by atoms with Gasteiger partial charge in [-0.1, -0.05) is 0 Å². The van der Waals surface area contributed by atoms with Gasteiger partial charge in [-0.2, -0.15) is 14.5 Å². The third-order valence-electron chi connectivity index (χ3n) is 5.82. The molecule has 0 bridgehead atoms. The molecule has 1 saturated heterocycles. The Labute approximate surface area is 188 Å². The van der Waals surface area contributed by atoms with Gasteiger partial charge in [0.05, 0.1) is 17.6 Å². The Morgan fingerprint density at radius 1 is 1.21 bits per heavy atom. The van der Waals surface area contributed by atoms with Crippen molar-refractivity contribution in [1.82, 2.24) is 25.1 Å². The van der Waals surface area contributed by atoms with Crippen molar-refractivity contribution in [1.29, 1.82) is 0 Å². The Balaban J connectivity index is 1.40. The lowest BCUT2D eigenvalue weighted by Crippen LogP contribution is -2.40. The molecule has 0 radical (unpaired) electrons. The average molecular weight is 451 g/mol. The van der Waals surface area contributed by atoms with Crippen molar-refractivity contribution < 1.29 is 14.0 Å². The number of aryl methyl sites for hydroxylation is 1. The Morgan fingerprint density at radius 3 is 2.85 bits per heavy atom. The molecule has 0 aromatic carbocycles. The van der Waals surface area contributed by atoms with Crippen molar-refractivity contribution in [2.24, 2.45) is 5.73 Å². The Bertz CT molecular complexity index is 1210. The van der Waals surface area contributed by atoms with E-state index in [0.29, 0.717) is 36.2 Å². The van der Waals surface area contributed by atoms with Crippen LogP contribution in [-0.4, -0.2) is 49.6 Å². The average Bonchev–Trinajstić information content (AvgIpc) is 3.55. The normalized spacial score (nSPS) is 17.1. The first-order valence-corrected chi connectivity index (χ1v) is 10.7. The molecule has 3 aromatic heterocycles. The van der Waals surface area contributed by atoms with Gasteiger partial charge in [0.15, 0.2) is 5.82 Å². The van der Waals surface area contributed by atoms with Gasteiger partial charge in [-0.05, 0) is 44.2 Å². The lowest BCUT2D eigenvalue weighted by Gasteiger charge is -2.25. The minimum Gasteiger partial charge on any atom is -0.364 e. The number of nitrogens with one attached hydrogen (secondary N) is 3. The summed E-state index contributed by atoms with van der Waals surface area (Å²) >= 11 is 0. The SMILES string of the molecule is NC(=O)c1cc(Nc2nc(N3CCCC3C(=O)Nc3ccc(F)nc3)nc3c2CCC3)n[nH]1. The number of halogens is 1. The molecule has 170 valence electrons. The highest BCUT2D eigenvalue weighted by Crippen LogP contribution is 2.32. The fourth-order valence-electron chi connectivity index (χ4n) is 4.24. The first-order chi connectivity index (χ1) is 16.0. The van der Waals surface area contributed by atoms with Crippen LogP contribution in [0.1, 0.15) is 41.0 Å². The molecule has 0 spiro atoms. The van der Waals surface area contributed by atoms with Gasteiger partial charge in [0.1, 0.15) is 17.6 Å². The highest BCUT2D eigenvalue weighted by atomic mass is 19.1. The number of amides is 2. The first kappa shape index (κ1) is 20.8. The first-order valence-electron chi connectivity index (χ1n) is 10.7. The van der Waals surface area contributed by atoms with Crippen LogP contribution in [0.4, 0.5) is 27.7 Å². The number of anilines is 4. The van der Waals surface area contributed by atoms with Gasteiger partial charge in [0.25, 0.3) is 5.91 Å². The van der Waals surface area contributed by atoms with Crippen LogP contribution in [0, 0.1) is 5.95 Å². The van der Waals surface area contributed by atoms with Crippen LogP contribution in [-0.2, 0) is 17.6 Å². The maximum atomic E-state index is 13.1. The molecule has 12 heteroatoms. The van der Waals surface area contributed by atoms with Crippen LogP contribution in [0.15, 0.2) is 24.4 Å². The van der Waals surface area contributed by atoms with Crippen LogP contribution >= 0.6 is 0 Å². The summed E-state index contributed by atoms with van der Waals surface area (Å²) in [5.74, 6) is 0.0378. The monoisotopic (exact) mass is 451 g/mol. The molecule has 2 amide bonds. The van der Waals surface area contributed by atoms with Gasteiger partial charge in [0.2, 0.25) is 17.8 Å². The number of H-pyrrole nitrogens is 1. The zero-order valence-electron chi connectivity index (χ0n) is 17.6. The quantitative estimate of drug-likeness (QED) is 0.413. The molecule has 5 rings (SSSR count). The number of aromatic amines is 1. The van der Waals surface area contributed by atoms with E-state index in [-0.39, 0.29) is 11.6 Å². The van der Waals surface area contributed by atoms with Crippen LogP contribution in [0.25, 0.3) is 0 Å². The molecule has 0 saturated carbocycles. The van der Waals surface area contributed by atoms with Crippen molar-refractivity contribution in [2.45, 2.75) is 38.1 Å². The highest BCUT2D eigenvalue weighted by molar-refractivity contribution is 5.97. The van der Waals surface area contributed by atoms with E-state index in [2.05, 4.69) is 25.8 Å². The van der Waals surface area contributed by atoms with Gasteiger partial charge in [-0.3, -0.25) is 14.7 Å².